The Hall–Kier alpha value is -1.02. The number of rotatable bonds is 4. The first kappa shape index (κ1) is 14.4. The van der Waals surface area contributed by atoms with Gasteiger partial charge in [0.15, 0.2) is 0 Å². The molecule has 1 aromatic carbocycles. The van der Waals surface area contributed by atoms with E-state index in [1.54, 1.807) is 0 Å². The average Bonchev–Trinajstić information content (AvgIpc) is 2.77. The molecule has 1 aliphatic rings. The van der Waals surface area contributed by atoms with Crippen LogP contribution in [-0.2, 0) is 6.42 Å². The van der Waals surface area contributed by atoms with Crippen LogP contribution in [0, 0.1) is 12.8 Å². The molecule has 2 N–H and O–H groups in total. The number of aryl methyl sites for hydroxylation is 1. The first-order valence-corrected chi connectivity index (χ1v) is 7.60. The van der Waals surface area contributed by atoms with E-state index < -0.39 is 0 Å². The minimum atomic E-state index is 0.223. The Morgan fingerprint density at radius 2 is 2.05 bits per heavy atom. The smallest absolute Gasteiger partial charge is 0.0402 e. The Bertz CT molecular complexity index is 423. The van der Waals surface area contributed by atoms with E-state index in [1.807, 2.05) is 0 Å². The van der Waals surface area contributed by atoms with Crippen molar-refractivity contribution in [3.05, 3.63) is 29.3 Å². The molecule has 106 valence electrons. The van der Waals surface area contributed by atoms with Crippen LogP contribution in [0.2, 0.25) is 0 Å². The zero-order chi connectivity index (χ0) is 14.0. The molecular weight excluding hydrogens is 232 g/mol. The molecule has 1 aromatic rings. The van der Waals surface area contributed by atoms with E-state index in [1.165, 1.54) is 36.2 Å². The highest BCUT2D eigenvalue weighted by molar-refractivity contribution is 5.57. The molecule has 2 atom stereocenters. The summed E-state index contributed by atoms with van der Waals surface area (Å²) in [4.78, 5) is 2.61. The molecule has 0 aromatic heterocycles. The standard InChI is InChI=1S/C17H28N2/c1-12(2)16-6-5-9-19(16)17-8-7-13(3)10-15(17)11-14(4)18/h7-8,10,12,14,16H,5-6,9,11,18H2,1-4H3. The molecular formula is C17H28N2. The van der Waals surface area contributed by atoms with Crippen molar-refractivity contribution in [3.63, 3.8) is 0 Å². The Morgan fingerprint density at radius 3 is 2.68 bits per heavy atom. The van der Waals surface area contributed by atoms with Crippen LogP contribution < -0.4 is 10.6 Å². The highest BCUT2D eigenvalue weighted by Crippen LogP contribution is 2.33. The highest BCUT2D eigenvalue weighted by Gasteiger charge is 2.28. The van der Waals surface area contributed by atoms with E-state index >= 15 is 0 Å². The van der Waals surface area contributed by atoms with Crippen LogP contribution in [0.3, 0.4) is 0 Å². The first-order chi connectivity index (χ1) is 8.99. The largest absolute Gasteiger partial charge is 0.368 e. The van der Waals surface area contributed by atoms with Crippen LogP contribution in [0.25, 0.3) is 0 Å². The van der Waals surface area contributed by atoms with Crippen LogP contribution >= 0.6 is 0 Å². The topological polar surface area (TPSA) is 29.3 Å². The van der Waals surface area contributed by atoms with Gasteiger partial charge in [-0.1, -0.05) is 31.5 Å². The summed E-state index contributed by atoms with van der Waals surface area (Å²) >= 11 is 0. The molecule has 0 spiro atoms. The van der Waals surface area contributed by atoms with Crippen molar-refractivity contribution < 1.29 is 0 Å². The van der Waals surface area contributed by atoms with Gasteiger partial charge in [-0.25, -0.2) is 0 Å². The molecule has 19 heavy (non-hydrogen) atoms. The van der Waals surface area contributed by atoms with E-state index in [-0.39, 0.29) is 6.04 Å². The maximum atomic E-state index is 6.02. The maximum Gasteiger partial charge on any atom is 0.0402 e. The van der Waals surface area contributed by atoms with Gasteiger partial charge in [-0.2, -0.15) is 0 Å². The average molecular weight is 260 g/mol. The third kappa shape index (κ3) is 3.30. The lowest BCUT2D eigenvalue weighted by atomic mass is 9.98. The van der Waals surface area contributed by atoms with Gasteiger partial charge in [-0.05, 0) is 50.7 Å². The lowest BCUT2D eigenvalue weighted by molar-refractivity contribution is 0.491. The van der Waals surface area contributed by atoms with Crippen LogP contribution in [-0.4, -0.2) is 18.6 Å². The molecule has 2 nitrogen and oxygen atoms in total. The number of hydrogen-bond donors (Lipinski definition) is 1. The summed E-state index contributed by atoms with van der Waals surface area (Å²) in [5.41, 5.74) is 10.2. The molecule has 1 aliphatic heterocycles. The summed E-state index contributed by atoms with van der Waals surface area (Å²) < 4.78 is 0. The molecule has 2 heteroatoms. The van der Waals surface area contributed by atoms with E-state index in [0.29, 0.717) is 12.0 Å². The van der Waals surface area contributed by atoms with Gasteiger partial charge < -0.3 is 10.6 Å². The Labute approximate surface area is 118 Å². The van der Waals surface area contributed by atoms with Crippen LogP contribution in [0.5, 0.6) is 0 Å². The van der Waals surface area contributed by atoms with Gasteiger partial charge in [0, 0.05) is 24.3 Å². The van der Waals surface area contributed by atoms with Crippen molar-refractivity contribution in [1.82, 2.24) is 0 Å². The van der Waals surface area contributed by atoms with Crippen molar-refractivity contribution in [2.75, 3.05) is 11.4 Å². The zero-order valence-corrected chi connectivity index (χ0v) is 12.8. The first-order valence-electron chi connectivity index (χ1n) is 7.60. The highest BCUT2D eigenvalue weighted by atomic mass is 15.2. The van der Waals surface area contributed by atoms with Gasteiger partial charge in [0.25, 0.3) is 0 Å². The van der Waals surface area contributed by atoms with Gasteiger partial charge in [-0.3, -0.25) is 0 Å². The molecule has 2 rings (SSSR count). The normalized spacial score (nSPS) is 21.2. The molecule has 0 amide bonds. The predicted octanol–water partition coefficient (Wildman–Crippen LogP) is 3.51. The fourth-order valence-corrected chi connectivity index (χ4v) is 3.29. The molecule has 0 radical (unpaired) electrons. The fourth-order valence-electron chi connectivity index (χ4n) is 3.29. The summed E-state index contributed by atoms with van der Waals surface area (Å²) in [6.07, 6.45) is 3.61. The molecule has 0 saturated carbocycles. The number of anilines is 1. The minimum Gasteiger partial charge on any atom is -0.368 e. The van der Waals surface area contributed by atoms with Crippen molar-refractivity contribution in [2.45, 2.75) is 59.0 Å². The molecule has 2 unspecified atom stereocenters. The molecule has 1 saturated heterocycles. The minimum absolute atomic E-state index is 0.223. The lowest BCUT2D eigenvalue weighted by Gasteiger charge is -2.32. The number of nitrogens with zero attached hydrogens (tertiary/aromatic N) is 1. The summed E-state index contributed by atoms with van der Waals surface area (Å²) in [6, 6.07) is 7.76. The Kier molecular flexibility index (Phi) is 4.51. The maximum absolute atomic E-state index is 6.02. The molecule has 1 fully saturated rings. The quantitative estimate of drug-likeness (QED) is 0.897. The van der Waals surface area contributed by atoms with Crippen molar-refractivity contribution in [1.29, 1.82) is 0 Å². The van der Waals surface area contributed by atoms with Gasteiger partial charge >= 0.3 is 0 Å². The van der Waals surface area contributed by atoms with Crippen LogP contribution in [0.15, 0.2) is 18.2 Å². The molecule has 0 aliphatic carbocycles. The van der Waals surface area contributed by atoms with Crippen molar-refractivity contribution in [2.24, 2.45) is 11.7 Å². The van der Waals surface area contributed by atoms with Gasteiger partial charge in [0.05, 0.1) is 0 Å². The Balaban J connectivity index is 2.32. The van der Waals surface area contributed by atoms with E-state index in [2.05, 4.69) is 50.8 Å². The van der Waals surface area contributed by atoms with E-state index in [4.69, 9.17) is 5.73 Å². The predicted molar refractivity (Wildman–Crippen MR) is 83.7 cm³/mol. The summed E-state index contributed by atoms with van der Waals surface area (Å²) in [7, 11) is 0. The second kappa shape index (κ2) is 5.96. The third-order valence-corrected chi connectivity index (χ3v) is 4.16. The van der Waals surface area contributed by atoms with Crippen LogP contribution in [0.1, 0.15) is 44.7 Å². The molecule has 1 heterocycles. The Morgan fingerprint density at radius 1 is 1.32 bits per heavy atom. The van der Waals surface area contributed by atoms with Crippen LogP contribution in [0.4, 0.5) is 5.69 Å². The summed E-state index contributed by atoms with van der Waals surface area (Å²) in [6.45, 7) is 10.1. The zero-order valence-electron chi connectivity index (χ0n) is 12.8. The third-order valence-electron chi connectivity index (χ3n) is 4.16. The van der Waals surface area contributed by atoms with Gasteiger partial charge in [0.1, 0.15) is 0 Å². The van der Waals surface area contributed by atoms with Crippen molar-refractivity contribution >= 4 is 5.69 Å². The van der Waals surface area contributed by atoms with Gasteiger partial charge in [-0.15, -0.1) is 0 Å². The second-order valence-corrected chi connectivity index (χ2v) is 6.46. The lowest BCUT2D eigenvalue weighted by Crippen LogP contribution is -2.34. The van der Waals surface area contributed by atoms with E-state index in [9.17, 15) is 0 Å². The SMILES string of the molecule is Cc1ccc(N2CCCC2C(C)C)c(CC(C)N)c1. The summed E-state index contributed by atoms with van der Waals surface area (Å²) in [5, 5.41) is 0. The van der Waals surface area contributed by atoms with E-state index in [0.717, 1.165) is 6.42 Å². The fraction of sp³-hybridized carbons (Fsp3) is 0.647. The van der Waals surface area contributed by atoms with Gasteiger partial charge in [0.2, 0.25) is 0 Å². The second-order valence-electron chi connectivity index (χ2n) is 6.46. The molecule has 0 bridgehead atoms. The monoisotopic (exact) mass is 260 g/mol. The summed E-state index contributed by atoms with van der Waals surface area (Å²) in [5.74, 6) is 0.715. The number of nitrogens with two attached hydrogens (primary N) is 1. The number of benzene rings is 1. The number of hydrogen-bond acceptors (Lipinski definition) is 2. The van der Waals surface area contributed by atoms with Crippen molar-refractivity contribution in [3.8, 4) is 0 Å².